The van der Waals surface area contributed by atoms with E-state index in [1.807, 2.05) is 0 Å². The molecule has 1 heterocycles. The summed E-state index contributed by atoms with van der Waals surface area (Å²) < 4.78 is 47.5. The van der Waals surface area contributed by atoms with Crippen molar-refractivity contribution >= 4 is 72.4 Å². The average Bonchev–Trinajstić information content (AvgIpc) is 3.08. The molecule has 190 valence electrons. The van der Waals surface area contributed by atoms with E-state index in [-0.39, 0.29) is 17.2 Å². The predicted molar refractivity (Wildman–Crippen MR) is 140 cm³/mol. The van der Waals surface area contributed by atoms with Crippen LogP contribution in [-0.4, -0.2) is 28.5 Å². The van der Waals surface area contributed by atoms with Crippen molar-refractivity contribution < 1.29 is 32.3 Å². The fourth-order valence-corrected chi connectivity index (χ4v) is 5.57. The van der Waals surface area contributed by atoms with Gasteiger partial charge in [0.25, 0.3) is 11.1 Å². The summed E-state index contributed by atoms with van der Waals surface area (Å²) in [5, 5.41) is 1.54. The van der Waals surface area contributed by atoms with Gasteiger partial charge in [-0.15, -0.1) is 0 Å². The topological polar surface area (TPSA) is 75.7 Å². The summed E-state index contributed by atoms with van der Waals surface area (Å²) in [6.45, 7) is -0.652. The molecule has 3 amide bonds. The lowest BCUT2D eigenvalue weighted by Gasteiger charge is -2.13. The number of imide groups is 1. The first-order valence-corrected chi connectivity index (χ1v) is 12.9. The summed E-state index contributed by atoms with van der Waals surface area (Å²) in [5.41, 5.74) is 0.645. The smallest absolute Gasteiger partial charge is 0.294 e. The number of nitrogens with one attached hydrogen (secondary N) is 1. The minimum absolute atomic E-state index is 0.00794. The fraction of sp³-hybridized carbons (Fsp3) is 0.0800. The SMILES string of the molecule is O=C(CN1C(=O)S/C(=C/c2cc(Br)c(OCc3ccccc3F)c(Br)c2)C1=O)Nc1ccc(F)cc1F. The van der Waals surface area contributed by atoms with Gasteiger partial charge < -0.3 is 10.1 Å². The van der Waals surface area contributed by atoms with Gasteiger partial charge in [-0.25, -0.2) is 13.2 Å². The summed E-state index contributed by atoms with van der Waals surface area (Å²) >= 11 is 7.44. The van der Waals surface area contributed by atoms with Crippen LogP contribution < -0.4 is 10.1 Å². The van der Waals surface area contributed by atoms with E-state index in [1.165, 1.54) is 12.1 Å². The Morgan fingerprint density at radius 1 is 1.00 bits per heavy atom. The third-order valence-electron chi connectivity index (χ3n) is 5.03. The van der Waals surface area contributed by atoms with Gasteiger partial charge >= 0.3 is 0 Å². The second-order valence-corrected chi connectivity index (χ2v) is 10.3. The van der Waals surface area contributed by atoms with Crippen LogP contribution in [-0.2, 0) is 16.2 Å². The molecule has 3 aromatic carbocycles. The zero-order chi connectivity index (χ0) is 26.7. The van der Waals surface area contributed by atoms with E-state index in [4.69, 9.17) is 4.74 Å². The van der Waals surface area contributed by atoms with E-state index in [2.05, 4.69) is 37.2 Å². The molecule has 1 aliphatic rings. The van der Waals surface area contributed by atoms with Gasteiger partial charge in [-0.05, 0) is 85.6 Å². The Balaban J connectivity index is 1.45. The number of thioether (sulfide) groups is 1. The molecule has 0 radical (unpaired) electrons. The minimum Gasteiger partial charge on any atom is -0.486 e. The van der Waals surface area contributed by atoms with Crippen molar-refractivity contribution in [1.82, 2.24) is 4.90 Å². The first-order chi connectivity index (χ1) is 17.6. The van der Waals surface area contributed by atoms with Crippen LogP contribution in [0.3, 0.4) is 0 Å². The highest BCUT2D eigenvalue weighted by molar-refractivity contribution is 9.11. The number of anilines is 1. The number of rotatable bonds is 7. The van der Waals surface area contributed by atoms with Crippen molar-refractivity contribution in [1.29, 1.82) is 0 Å². The number of halogens is 5. The molecule has 1 fully saturated rings. The molecular formula is C25H15Br2F3N2O4S. The van der Waals surface area contributed by atoms with E-state index in [0.29, 0.717) is 43.7 Å². The Labute approximate surface area is 230 Å². The van der Waals surface area contributed by atoms with Crippen LogP contribution in [0.5, 0.6) is 5.75 Å². The molecule has 4 rings (SSSR count). The van der Waals surface area contributed by atoms with Gasteiger partial charge in [-0.2, -0.15) is 0 Å². The van der Waals surface area contributed by atoms with Gasteiger partial charge in [-0.1, -0.05) is 18.2 Å². The maximum absolute atomic E-state index is 13.9. The van der Waals surface area contributed by atoms with E-state index in [0.717, 1.165) is 17.0 Å². The van der Waals surface area contributed by atoms with Crippen LogP contribution in [0.25, 0.3) is 6.08 Å². The maximum Gasteiger partial charge on any atom is 0.294 e. The summed E-state index contributed by atoms with van der Waals surface area (Å²) in [4.78, 5) is 38.2. The molecule has 0 atom stereocenters. The lowest BCUT2D eigenvalue weighted by atomic mass is 10.2. The van der Waals surface area contributed by atoms with Crippen LogP contribution in [0.4, 0.5) is 23.7 Å². The quantitative estimate of drug-likeness (QED) is 0.281. The molecule has 3 aromatic rings. The van der Waals surface area contributed by atoms with Gasteiger partial charge in [0, 0.05) is 11.6 Å². The number of hydrogen-bond donors (Lipinski definition) is 1. The van der Waals surface area contributed by atoms with Crippen molar-refractivity contribution in [2.75, 3.05) is 11.9 Å². The molecule has 6 nitrogen and oxygen atoms in total. The molecule has 0 saturated carbocycles. The molecule has 12 heteroatoms. The highest BCUT2D eigenvalue weighted by Crippen LogP contribution is 2.38. The number of hydrogen-bond acceptors (Lipinski definition) is 5. The van der Waals surface area contributed by atoms with Crippen LogP contribution >= 0.6 is 43.6 Å². The minimum atomic E-state index is -0.986. The van der Waals surface area contributed by atoms with Crippen molar-refractivity contribution in [3.05, 3.63) is 97.0 Å². The number of nitrogens with zero attached hydrogens (tertiary/aromatic N) is 1. The molecule has 1 aliphatic heterocycles. The molecule has 0 aromatic heterocycles. The number of ether oxygens (including phenoxy) is 1. The molecule has 0 bridgehead atoms. The Kier molecular flexibility index (Phi) is 8.40. The van der Waals surface area contributed by atoms with Gasteiger partial charge in [0.05, 0.1) is 19.5 Å². The molecule has 1 saturated heterocycles. The van der Waals surface area contributed by atoms with Gasteiger partial charge in [-0.3, -0.25) is 19.3 Å². The molecule has 0 unspecified atom stereocenters. The van der Waals surface area contributed by atoms with Crippen LogP contribution in [0.2, 0.25) is 0 Å². The van der Waals surface area contributed by atoms with Crippen molar-refractivity contribution in [2.45, 2.75) is 6.61 Å². The number of carbonyl (C=O) groups excluding carboxylic acids is 3. The first-order valence-electron chi connectivity index (χ1n) is 10.5. The monoisotopic (exact) mass is 654 g/mol. The number of benzene rings is 3. The third-order valence-corrected chi connectivity index (χ3v) is 7.11. The highest BCUT2D eigenvalue weighted by atomic mass is 79.9. The summed E-state index contributed by atoms with van der Waals surface area (Å²) in [7, 11) is 0. The summed E-state index contributed by atoms with van der Waals surface area (Å²) in [6, 6.07) is 12.1. The lowest BCUT2D eigenvalue weighted by Crippen LogP contribution is -2.36. The second-order valence-electron chi connectivity index (χ2n) is 7.63. The largest absolute Gasteiger partial charge is 0.486 e. The predicted octanol–water partition coefficient (Wildman–Crippen LogP) is 6.88. The number of amides is 3. The van der Waals surface area contributed by atoms with Crippen LogP contribution in [0.1, 0.15) is 11.1 Å². The van der Waals surface area contributed by atoms with E-state index >= 15 is 0 Å². The standard InChI is InChI=1S/C25H15Br2F3N2O4S/c26-16-7-13(8-17(27)23(16)36-12-14-3-1-2-4-18(14)29)9-21-24(34)32(25(35)37-21)11-22(33)31-20-6-5-15(28)10-19(20)30/h1-10H,11-12H2,(H,31,33)/b21-9+. The van der Waals surface area contributed by atoms with E-state index in [1.54, 1.807) is 30.3 Å². The van der Waals surface area contributed by atoms with E-state index < -0.39 is 41.0 Å². The third kappa shape index (κ3) is 6.43. The molecular weight excluding hydrogens is 641 g/mol. The van der Waals surface area contributed by atoms with Gasteiger partial charge in [0.2, 0.25) is 5.91 Å². The maximum atomic E-state index is 13.9. The van der Waals surface area contributed by atoms with E-state index in [9.17, 15) is 27.6 Å². The zero-order valence-electron chi connectivity index (χ0n) is 18.6. The first kappa shape index (κ1) is 27.0. The Bertz CT molecular complexity index is 1430. The van der Waals surface area contributed by atoms with Crippen molar-refractivity contribution in [3.63, 3.8) is 0 Å². The Hall–Kier alpha value is -3.09. The Morgan fingerprint density at radius 2 is 1.70 bits per heavy atom. The molecule has 0 aliphatic carbocycles. The molecule has 1 N–H and O–H groups in total. The molecule has 37 heavy (non-hydrogen) atoms. The van der Waals surface area contributed by atoms with Gasteiger partial charge in [0.1, 0.15) is 36.4 Å². The zero-order valence-corrected chi connectivity index (χ0v) is 22.6. The highest BCUT2D eigenvalue weighted by Gasteiger charge is 2.36. The van der Waals surface area contributed by atoms with Gasteiger partial charge in [0.15, 0.2) is 0 Å². The fourth-order valence-electron chi connectivity index (χ4n) is 3.28. The van der Waals surface area contributed by atoms with Crippen molar-refractivity contribution in [2.24, 2.45) is 0 Å². The number of carbonyl (C=O) groups is 3. The second kappa shape index (κ2) is 11.5. The van der Waals surface area contributed by atoms with Crippen LogP contribution in [0.15, 0.2) is 68.4 Å². The molecule has 0 spiro atoms. The normalized spacial score (nSPS) is 14.4. The van der Waals surface area contributed by atoms with Crippen LogP contribution in [0, 0.1) is 17.5 Å². The summed E-state index contributed by atoms with van der Waals surface area (Å²) in [5.74, 6) is -3.29. The average molecular weight is 656 g/mol. The van der Waals surface area contributed by atoms with Crippen molar-refractivity contribution in [3.8, 4) is 5.75 Å². The summed E-state index contributed by atoms with van der Waals surface area (Å²) in [6.07, 6.45) is 1.47. The lowest BCUT2D eigenvalue weighted by molar-refractivity contribution is -0.127. The Morgan fingerprint density at radius 3 is 2.38 bits per heavy atom.